The summed E-state index contributed by atoms with van der Waals surface area (Å²) in [6.45, 7) is 0.910. The molecule has 1 aliphatic rings. The molecule has 1 aromatic carbocycles. The maximum absolute atomic E-state index is 13.5. The molecule has 4 heteroatoms. The predicted octanol–water partition coefficient (Wildman–Crippen LogP) is 3.17. The highest BCUT2D eigenvalue weighted by atomic mass is 35.5. The molecule has 1 saturated heterocycles. The van der Waals surface area contributed by atoms with E-state index in [1.165, 1.54) is 6.07 Å². The van der Waals surface area contributed by atoms with E-state index >= 15 is 0 Å². The minimum atomic E-state index is -0.397. The fraction of sp³-hybridized carbons (Fsp3) is 0.333. The summed E-state index contributed by atoms with van der Waals surface area (Å²) in [5.74, 6) is -0.397. The summed E-state index contributed by atoms with van der Waals surface area (Å²) in [7, 11) is 0. The van der Waals surface area contributed by atoms with E-state index in [2.05, 4.69) is 5.32 Å². The molecular weight excluding hydrogens is 212 g/mol. The van der Waals surface area contributed by atoms with Crippen LogP contribution < -0.4 is 5.32 Å². The van der Waals surface area contributed by atoms with E-state index in [0.29, 0.717) is 10.6 Å². The molecule has 0 bridgehead atoms. The van der Waals surface area contributed by atoms with Crippen LogP contribution in [-0.2, 0) is 0 Å². The predicted molar refractivity (Wildman–Crippen MR) is 51.8 cm³/mol. The Hall–Kier alpha value is -0.310. The maximum atomic E-state index is 13.5. The molecule has 0 amide bonds. The van der Waals surface area contributed by atoms with Gasteiger partial charge in [0.2, 0.25) is 0 Å². The summed E-state index contributed by atoms with van der Waals surface area (Å²) in [5.41, 5.74) is 0.500. The second kappa shape index (κ2) is 3.45. The summed E-state index contributed by atoms with van der Waals surface area (Å²) in [6.07, 6.45) is 0.914. The molecule has 0 saturated carbocycles. The molecule has 1 aliphatic heterocycles. The van der Waals surface area contributed by atoms with Gasteiger partial charge in [-0.2, -0.15) is 0 Å². The van der Waals surface area contributed by atoms with Gasteiger partial charge in [-0.05, 0) is 25.1 Å². The van der Waals surface area contributed by atoms with E-state index in [4.69, 9.17) is 23.2 Å². The zero-order chi connectivity index (χ0) is 9.42. The summed E-state index contributed by atoms with van der Waals surface area (Å²) in [5, 5.41) is 3.66. The number of benzene rings is 1. The van der Waals surface area contributed by atoms with Gasteiger partial charge in [0.15, 0.2) is 0 Å². The van der Waals surface area contributed by atoms with Gasteiger partial charge in [0.25, 0.3) is 0 Å². The third-order valence-electron chi connectivity index (χ3n) is 2.25. The Morgan fingerprint density at radius 3 is 2.46 bits per heavy atom. The number of rotatable bonds is 1. The zero-order valence-corrected chi connectivity index (χ0v) is 8.29. The molecule has 70 valence electrons. The fourth-order valence-corrected chi connectivity index (χ4v) is 1.84. The number of hydrogen-bond donors (Lipinski definition) is 1. The van der Waals surface area contributed by atoms with Crippen LogP contribution in [0.5, 0.6) is 0 Å². The molecule has 1 nitrogen and oxygen atoms in total. The molecule has 0 aromatic heterocycles. The minimum absolute atomic E-state index is 0.0335. The van der Waals surface area contributed by atoms with Crippen LogP contribution in [0.3, 0.4) is 0 Å². The first-order valence-electron chi connectivity index (χ1n) is 4.07. The molecule has 0 spiro atoms. The molecule has 0 unspecified atom stereocenters. The standard InChI is InChI=1S/C9H8Cl2FN/c10-5-1-2-6(11)9(12)8(5)7-3-4-13-7/h1-2,7,13H,3-4H2/t7-/m0/s1. The van der Waals surface area contributed by atoms with Crippen molar-refractivity contribution < 1.29 is 4.39 Å². The normalized spacial score (nSPS) is 21.3. The smallest absolute Gasteiger partial charge is 0.148 e. The van der Waals surface area contributed by atoms with Crippen LogP contribution in [0.25, 0.3) is 0 Å². The van der Waals surface area contributed by atoms with Crippen molar-refractivity contribution >= 4 is 23.2 Å². The van der Waals surface area contributed by atoms with Crippen LogP contribution in [0.1, 0.15) is 18.0 Å². The Morgan fingerprint density at radius 2 is 1.92 bits per heavy atom. The minimum Gasteiger partial charge on any atom is -0.310 e. The van der Waals surface area contributed by atoms with Crippen LogP contribution in [0.4, 0.5) is 4.39 Å². The lowest BCUT2D eigenvalue weighted by molar-refractivity contribution is 0.370. The molecular formula is C9H8Cl2FN. The summed E-state index contributed by atoms with van der Waals surface area (Å²) < 4.78 is 13.5. The molecule has 1 N–H and O–H groups in total. The number of halogens is 3. The Morgan fingerprint density at radius 1 is 1.31 bits per heavy atom. The average Bonchev–Trinajstić information content (AvgIpc) is 2.02. The van der Waals surface area contributed by atoms with Crippen molar-refractivity contribution in [3.63, 3.8) is 0 Å². The maximum Gasteiger partial charge on any atom is 0.148 e. The summed E-state index contributed by atoms with van der Waals surface area (Å²) in [4.78, 5) is 0. The Bertz CT molecular complexity index is 337. The van der Waals surface area contributed by atoms with Gasteiger partial charge in [-0.25, -0.2) is 4.39 Å². The Balaban J connectivity index is 2.46. The first kappa shape index (κ1) is 9.25. The van der Waals surface area contributed by atoms with Crippen molar-refractivity contribution in [1.82, 2.24) is 5.32 Å². The molecule has 1 aromatic rings. The van der Waals surface area contributed by atoms with Crippen molar-refractivity contribution in [2.75, 3.05) is 6.54 Å². The van der Waals surface area contributed by atoms with Gasteiger partial charge in [-0.3, -0.25) is 0 Å². The van der Waals surface area contributed by atoms with Crippen molar-refractivity contribution in [3.8, 4) is 0 Å². The van der Waals surface area contributed by atoms with E-state index in [1.54, 1.807) is 6.07 Å². The third-order valence-corrected chi connectivity index (χ3v) is 2.87. The van der Waals surface area contributed by atoms with Gasteiger partial charge >= 0.3 is 0 Å². The van der Waals surface area contributed by atoms with Crippen LogP contribution >= 0.6 is 23.2 Å². The van der Waals surface area contributed by atoms with Gasteiger partial charge in [0, 0.05) is 16.6 Å². The zero-order valence-electron chi connectivity index (χ0n) is 6.78. The van der Waals surface area contributed by atoms with E-state index in [9.17, 15) is 4.39 Å². The number of nitrogens with one attached hydrogen (secondary N) is 1. The van der Waals surface area contributed by atoms with Gasteiger partial charge < -0.3 is 5.32 Å². The van der Waals surface area contributed by atoms with Crippen LogP contribution in [0, 0.1) is 5.82 Å². The van der Waals surface area contributed by atoms with Crippen LogP contribution in [0.2, 0.25) is 10.0 Å². The number of hydrogen-bond acceptors (Lipinski definition) is 1. The largest absolute Gasteiger partial charge is 0.310 e. The van der Waals surface area contributed by atoms with E-state index in [-0.39, 0.29) is 11.1 Å². The van der Waals surface area contributed by atoms with E-state index in [1.807, 2.05) is 0 Å². The molecule has 13 heavy (non-hydrogen) atoms. The lowest BCUT2D eigenvalue weighted by atomic mass is 9.97. The lowest BCUT2D eigenvalue weighted by Crippen LogP contribution is -2.35. The molecule has 1 fully saturated rings. The second-order valence-corrected chi connectivity index (χ2v) is 3.87. The Labute approximate surface area is 85.8 Å². The molecule has 1 heterocycles. The fourth-order valence-electron chi connectivity index (χ4n) is 1.40. The molecule has 0 aliphatic carbocycles. The van der Waals surface area contributed by atoms with Gasteiger partial charge in [0.1, 0.15) is 5.82 Å². The second-order valence-electron chi connectivity index (χ2n) is 3.05. The highest BCUT2D eigenvalue weighted by Crippen LogP contribution is 2.34. The third kappa shape index (κ3) is 1.54. The SMILES string of the molecule is Fc1c(Cl)ccc(Cl)c1[C@@H]1CCN1. The lowest BCUT2D eigenvalue weighted by Gasteiger charge is -2.29. The van der Waals surface area contributed by atoms with Crippen molar-refractivity contribution in [1.29, 1.82) is 0 Å². The molecule has 1 atom stereocenters. The van der Waals surface area contributed by atoms with Crippen molar-refractivity contribution in [2.24, 2.45) is 0 Å². The van der Waals surface area contributed by atoms with Crippen LogP contribution in [-0.4, -0.2) is 6.54 Å². The monoisotopic (exact) mass is 219 g/mol. The van der Waals surface area contributed by atoms with E-state index < -0.39 is 5.82 Å². The van der Waals surface area contributed by atoms with Crippen molar-refractivity contribution in [2.45, 2.75) is 12.5 Å². The van der Waals surface area contributed by atoms with Gasteiger partial charge in [-0.15, -0.1) is 0 Å². The van der Waals surface area contributed by atoms with Gasteiger partial charge in [0.05, 0.1) is 5.02 Å². The van der Waals surface area contributed by atoms with Gasteiger partial charge in [-0.1, -0.05) is 23.2 Å². The van der Waals surface area contributed by atoms with E-state index in [0.717, 1.165) is 13.0 Å². The van der Waals surface area contributed by atoms with Crippen molar-refractivity contribution in [3.05, 3.63) is 33.6 Å². The first-order valence-corrected chi connectivity index (χ1v) is 4.82. The summed E-state index contributed by atoms with van der Waals surface area (Å²) in [6, 6.07) is 3.13. The molecule has 2 rings (SSSR count). The summed E-state index contributed by atoms with van der Waals surface area (Å²) >= 11 is 11.5. The average molecular weight is 220 g/mol. The quantitative estimate of drug-likeness (QED) is 0.716. The highest BCUT2D eigenvalue weighted by Gasteiger charge is 2.25. The Kier molecular flexibility index (Phi) is 2.45. The highest BCUT2D eigenvalue weighted by molar-refractivity contribution is 6.33. The topological polar surface area (TPSA) is 12.0 Å². The molecule has 0 radical (unpaired) electrons. The first-order chi connectivity index (χ1) is 6.20. The van der Waals surface area contributed by atoms with Crippen LogP contribution in [0.15, 0.2) is 12.1 Å².